The summed E-state index contributed by atoms with van der Waals surface area (Å²) in [4.78, 5) is 27.1. The van der Waals surface area contributed by atoms with Gasteiger partial charge < -0.3 is 33.2 Å². The third-order valence-corrected chi connectivity index (χ3v) is 17.8. The molecule has 0 radical (unpaired) electrons. The van der Waals surface area contributed by atoms with Crippen molar-refractivity contribution in [1.82, 2.24) is 0 Å². The molecule has 0 spiro atoms. The van der Waals surface area contributed by atoms with Crippen LogP contribution in [0.3, 0.4) is 0 Å². The van der Waals surface area contributed by atoms with Crippen molar-refractivity contribution < 1.29 is 47.2 Å². The van der Waals surface area contributed by atoms with Gasteiger partial charge in [-0.2, -0.15) is 0 Å². The van der Waals surface area contributed by atoms with E-state index < -0.39 is 91.2 Å². The van der Waals surface area contributed by atoms with Crippen molar-refractivity contribution in [2.75, 3.05) is 6.61 Å². The quantitative estimate of drug-likeness (QED) is 0.177. The third-order valence-electron chi connectivity index (χ3n) is 13.1. The van der Waals surface area contributed by atoms with Gasteiger partial charge in [-0.25, -0.2) is 9.18 Å². The van der Waals surface area contributed by atoms with Crippen LogP contribution in [0.2, 0.25) is 18.1 Å². The maximum atomic E-state index is 17.3. The van der Waals surface area contributed by atoms with E-state index in [4.69, 9.17) is 28.1 Å². The lowest BCUT2D eigenvalue weighted by molar-refractivity contribution is -0.356. The Hall–Kier alpha value is -2.41. The van der Waals surface area contributed by atoms with Gasteiger partial charge in [-0.15, -0.1) is 0 Å². The number of rotatable bonds is 9. The summed E-state index contributed by atoms with van der Waals surface area (Å²) in [6.07, 6.45) is -5.38. The molecule has 9 nitrogen and oxygen atoms in total. The number of benzene rings is 1. The van der Waals surface area contributed by atoms with E-state index in [-0.39, 0.29) is 25.0 Å². The molecule has 4 fully saturated rings. The fourth-order valence-corrected chi connectivity index (χ4v) is 12.9. The number of esters is 2. The smallest absolute Gasteiger partial charge is 0.338 e. The van der Waals surface area contributed by atoms with Crippen LogP contribution in [0.25, 0.3) is 0 Å². The average molecular weight is 701 g/mol. The van der Waals surface area contributed by atoms with Crippen molar-refractivity contribution in [2.45, 2.75) is 141 Å². The molecule has 11 atom stereocenters. The summed E-state index contributed by atoms with van der Waals surface area (Å²) in [5.74, 6) is -2.36. The molecule has 3 aliphatic carbocycles. The minimum absolute atomic E-state index is 0.0531. The molecule has 270 valence electrons. The fraction of sp³-hybridized carbons (Fsp3) is 0.684. The standard InChI is InChI=1S/C38H53FO9Si/c1-10-28-44-30-29-22(5)25(48-49(11-2,12-3)13-4)20-38(42,35(29,7)8)33(46-34(41)24-17-15-14-16-18-24)31-36(9,32(30)45-28)26(39)19-27-37(31,21-43-27)47-23(6)40/h10,14-18,25-28,30-33,42H,1,11-13,19-21H2,2-9H3/t25-,26+,27+,28+,30+,31-,32+,33-,36+,37-,38+/m0/s1. The van der Waals surface area contributed by atoms with Crippen molar-refractivity contribution in [3.63, 3.8) is 0 Å². The average Bonchev–Trinajstić information content (AvgIpc) is 3.50. The summed E-state index contributed by atoms with van der Waals surface area (Å²) in [7, 11) is -2.26. The number of fused-ring (bicyclic) bond motifs is 8. The topological polar surface area (TPSA) is 110 Å². The molecule has 1 aromatic rings. The highest BCUT2D eigenvalue weighted by Gasteiger charge is 2.79. The van der Waals surface area contributed by atoms with Crippen LogP contribution < -0.4 is 0 Å². The Bertz CT molecular complexity index is 1490. The first-order valence-corrected chi connectivity index (χ1v) is 20.4. The molecule has 1 aromatic carbocycles. The van der Waals surface area contributed by atoms with Gasteiger partial charge in [0.1, 0.15) is 30.1 Å². The molecule has 1 N–H and O–H groups in total. The summed E-state index contributed by atoms with van der Waals surface area (Å²) >= 11 is 0. The van der Waals surface area contributed by atoms with Crippen molar-refractivity contribution in [1.29, 1.82) is 0 Å². The molecule has 49 heavy (non-hydrogen) atoms. The predicted octanol–water partition coefficient (Wildman–Crippen LogP) is 6.45. The second-order valence-corrected chi connectivity index (χ2v) is 20.2. The van der Waals surface area contributed by atoms with Crippen LogP contribution in [-0.4, -0.2) is 86.2 Å². The highest BCUT2D eigenvalue weighted by molar-refractivity contribution is 6.73. The number of aliphatic hydroxyl groups is 1. The van der Waals surface area contributed by atoms with Crippen LogP contribution in [0.5, 0.6) is 0 Å². The van der Waals surface area contributed by atoms with Gasteiger partial charge >= 0.3 is 11.9 Å². The largest absolute Gasteiger partial charge is 0.455 e. The van der Waals surface area contributed by atoms with Crippen molar-refractivity contribution in [2.24, 2.45) is 16.7 Å². The highest BCUT2D eigenvalue weighted by Crippen LogP contribution is 2.67. The lowest BCUT2D eigenvalue weighted by atomic mass is 9.44. The Morgan fingerprint density at radius 3 is 2.31 bits per heavy atom. The zero-order valence-electron chi connectivity index (χ0n) is 30.1. The molecule has 5 aliphatic rings. The van der Waals surface area contributed by atoms with Crippen molar-refractivity contribution in [3.05, 3.63) is 59.7 Å². The van der Waals surface area contributed by atoms with Gasteiger partial charge in [-0.05, 0) is 54.4 Å². The number of alkyl halides is 1. The highest BCUT2D eigenvalue weighted by atomic mass is 28.4. The van der Waals surface area contributed by atoms with Crippen LogP contribution in [0.4, 0.5) is 4.39 Å². The molecule has 2 bridgehead atoms. The Kier molecular flexibility index (Phi) is 9.40. The van der Waals surface area contributed by atoms with E-state index in [0.717, 1.165) is 29.3 Å². The third kappa shape index (κ3) is 5.24. The molecule has 2 aliphatic heterocycles. The van der Waals surface area contributed by atoms with Crippen molar-refractivity contribution in [3.8, 4) is 0 Å². The van der Waals surface area contributed by atoms with E-state index in [1.165, 1.54) is 6.92 Å². The molecule has 2 saturated carbocycles. The first-order valence-electron chi connectivity index (χ1n) is 17.8. The molecular formula is C38H53FO9Si. The van der Waals surface area contributed by atoms with Gasteiger partial charge in [0.25, 0.3) is 0 Å². The molecule has 0 aromatic heterocycles. The summed E-state index contributed by atoms with van der Waals surface area (Å²) in [6, 6.07) is 11.2. The van der Waals surface area contributed by atoms with Crippen LogP contribution in [0.15, 0.2) is 54.1 Å². The normalized spacial score (nSPS) is 40.9. The maximum absolute atomic E-state index is 17.3. The number of hydrogen-bond donors (Lipinski definition) is 1. The zero-order chi connectivity index (χ0) is 35.7. The Morgan fingerprint density at radius 1 is 1.10 bits per heavy atom. The van der Waals surface area contributed by atoms with E-state index in [1.54, 1.807) is 43.3 Å². The number of carbonyl (C=O) groups excluding carboxylic acids is 2. The summed E-state index contributed by atoms with van der Waals surface area (Å²) in [6.45, 7) is 19.2. The fourth-order valence-electron chi connectivity index (χ4n) is 9.99. The Morgan fingerprint density at radius 2 is 1.76 bits per heavy atom. The van der Waals surface area contributed by atoms with E-state index in [2.05, 4.69) is 27.4 Å². The lowest BCUT2D eigenvalue weighted by Crippen LogP contribution is -2.81. The summed E-state index contributed by atoms with van der Waals surface area (Å²) in [5, 5.41) is 13.7. The molecule has 2 heterocycles. The number of carbonyl (C=O) groups is 2. The lowest BCUT2D eigenvalue weighted by Gasteiger charge is -2.68. The molecule has 2 saturated heterocycles. The maximum Gasteiger partial charge on any atom is 0.338 e. The van der Waals surface area contributed by atoms with Gasteiger partial charge in [-0.3, -0.25) is 4.79 Å². The Labute approximate surface area is 290 Å². The van der Waals surface area contributed by atoms with Crippen LogP contribution in [0, 0.1) is 16.7 Å². The first-order chi connectivity index (χ1) is 23.1. The van der Waals surface area contributed by atoms with E-state index in [1.807, 2.05) is 20.8 Å². The van der Waals surface area contributed by atoms with Gasteiger partial charge in [0.15, 0.2) is 20.2 Å². The minimum atomic E-state index is -2.26. The Balaban J connectivity index is 1.66. The summed E-state index contributed by atoms with van der Waals surface area (Å²) in [5.41, 5.74) is -3.94. The first kappa shape index (κ1) is 36.4. The van der Waals surface area contributed by atoms with Crippen molar-refractivity contribution >= 4 is 20.3 Å². The number of halogens is 1. The van der Waals surface area contributed by atoms with E-state index in [0.29, 0.717) is 0 Å². The minimum Gasteiger partial charge on any atom is -0.455 e. The van der Waals surface area contributed by atoms with Gasteiger partial charge in [0.05, 0.1) is 30.3 Å². The number of hydrogen-bond acceptors (Lipinski definition) is 9. The van der Waals surface area contributed by atoms with Crippen LogP contribution >= 0.6 is 0 Å². The predicted molar refractivity (Wildman–Crippen MR) is 183 cm³/mol. The van der Waals surface area contributed by atoms with E-state index in [9.17, 15) is 14.7 Å². The second kappa shape index (κ2) is 12.7. The van der Waals surface area contributed by atoms with Gasteiger partial charge in [-0.1, -0.05) is 66.3 Å². The van der Waals surface area contributed by atoms with Crippen LogP contribution in [-0.2, 0) is 32.9 Å². The summed E-state index contributed by atoms with van der Waals surface area (Å²) < 4.78 is 56.4. The zero-order valence-corrected chi connectivity index (χ0v) is 31.1. The SMILES string of the molecule is C=C[C@@H]1O[C@@H]2C3=C(C)[C@@H](O[Si](CC)(CC)CC)C[C@@](O)([C@@H](OC(=O)c4ccccc4)[C@@H]4[C@]5(OC(C)=O)CO[C@@H]5C[C@@H](F)[C@@]4(C)[C@@H]2O1)C3(C)C. The van der Waals surface area contributed by atoms with E-state index >= 15 is 4.39 Å². The van der Waals surface area contributed by atoms with Gasteiger partial charge in [0.2, 0.25) is 0 Å². The molecule has 0 amide bonds. The van der Waals surface area contributed by atoms with Crippen LogP contribution in [0.1, 0.15) is 78.6 Å². The van der Waals surface area contributed by atoms with Gasteiger partial charge in [0, 0.05) is 30.6 Å². The monoisotopic (exact) mass is 700 g/mol. The molecule has 11 heteroatoms. The molecular weight excluding hydrogens is 647 g/mol. The molecule has 0 unspecified atom stereocenters. The molecule has 6 rings (SSSR count). The second-order valence-electron chi connectivity index (χ2n) is 15.5. The number of ether oxygens (including phenoxy) is 5.